The van der Waals surface area contributed by atoms with Crippen LogP contribution in [0.25, 0.3) is 11.0 Å². The lowest BCUT2D eigenvalue weighted by molar-refractivity contribution is -0.183. The molecule has 4 aliphatic rings. The molecule has 1 spiro atoms. The predicted molar refractivity (Wildman–Crippen MR) is 198 cm³/mol. The van der Waals surface area contributed by atoms with Crippen molar-refractivity contribution in [2.24, 2.45) is 0 Å². The van der Waals surface area contributed by atoms with Crippen molar-refractivity contribution in [2.75, 3.05) is 37.0 Å². The molecule has 4 N–H and O–H groups in total. The first-order chi connectivity index (χ1) is 24.6. The number of rotatable bonds is 7. The van der Waals surface area contributed by atoms with Gasteiger partial charge >= 0.3 is 11.6 Å². The van der Waals surface area contributed by atoms with Crippen LogP contribution in [0.4, 0.5) is 5.82 Å². The molecule has 4 unspecified atom stereocenters. The minimum absolute atomic E-state index is 0.0328. The zero-order valence-corrected chi connectivity index (χ0v) is 30.4. The van der Waals surface area contributed by atoms with Crippen molar-refractivity contribution in [2.45, 2.75) is 82.0 Å². The number of hydrogen-bond acceptors (Lipinski definition) is 12. The van der Waals surface area contributed by atoms with Crippen LogP contribution in [-0.2, 0) is 33.6 Å². The molecule has 4 atom stereocenters. The van der Waals surface area contributed by atoms with E-state index in [9.17, 15) is 24.6 Å². The van der Waals surface area contributed by atoms with E-state index in [1.54, 1.807) is 52.9 Å². The summed E-state index contributed by atoms with van der Waals surface area (Å²) < 4.78 is 19.5. The Labute approximate surface area is 304 Å². The van der Waals surface area contributed by atoms with Crippen molar-refractivity contribution >= 4 is 50.3 Å². The number of fused-ring (bicyclic) bond motifs is 7. The van der Waals surface area contributed by atoms with E-state index < -0.39 is 28.7 Å². The number of nitrogens with two attached hydrogens (primary N) is 1. The Bertz CT molecular complexity index is 2000. The highest BCUT2D eigenvalue weighted by atomic mass is 33.1. The van der Waals surface area contributed by atoms with E-state index in [2.05, 4.69) is 11.1 Å². The van der Waals surface area contributed by atoms with Crippen molar-refractivity contribution in [1.29, 1.82) is 0 Å². The van der Waals surface area contributed by atoms with Gasteiger partial charge in [-0.3, -0.25) is 4.79 Å². The number of esters is 1. The second-order valence-electron chi connectivity index (χ2n) is 13.9. The number of anilines is 1. The van der Waals surface area contributed by atoms with E-state index in [1.807, 2.05) is 24.0 Å². The molecule has 3 aliphatic heterocycles. The molecule has 1 amide bonds. The highest BCUT2D eigenvalue weighted by Crippen LogP contribution is 2.58. The van der Waals surface area contributed by atoms with Crippen LogP contribution in [0.15, 0.2) is 63.0 Å². The number of carbonyl (C=O) groups is 2. The average Bonchev–Trinajstić information content (AvgIpc) is 3.45. The van der Waals surface area contributed by atoms with Crippen LogP contribution < -0.4 is 16.1 Å². The first kappa shape index (κ1) is 35.6. The third-order valence-electron chi connectivity index (χ3n) is 10.9. The number of aliphatic hydroxyl groups excluding tert-OH is 2. The molecule has 270 valence electrons. The lowest BCUT2D eigenvalue weighted by Crippen LogP contribution is -2.63. The Hall–Kier alpha value is -3.78. The summed E-state index contributed by atoms with van der Waals surface area (Å²) in [5.41, 5.74) is 8.14. The van der Waals surface area contributed by atoms with E-state index in [-0.39, 0.29) is 38.0 Å². The average molecular weight is 734 g/mol. The molecule has 0 saturated carbocycles. The summed E-state index contributed by atoms with van der Waals surface area (Å²) in [6, 6.07) is 7.53. The molecule has 1 aliphatic carbocycles. The van der Waals surface area contributed by atoms with Crippen LogP contribution in [0.1, 0.15) is 67.7 Å². The lowest BCUT2D eigenvalue weighted by atomic mass is 9.61. The van der Waals surface area contributed by atoms with Gasteiger partial charge in [-0.25, -0.2) is 14.6 Å². The van der Waals surface area contributed by atoms with Gasteiger partial charge in [-0.1, -0.05) is 39.3 Å². The van der Waals surface area contributed by atoms with Crippen LogP contribution in [-0.4, -0.2) is 80.5 Å². The predicted octanol–water partition coefficient (Wildman–Crippen LogP) is 4.65. The summed E-state index contributed by atoms with van der Waals surface area (Å²) in [5, 5.41) is 19.8. The molecule has 3 aromatic rings. The molecular weight excluding hydrogens is 691 g/mol. The maximum atomic E-state index is 13.9. The monoisotopic (exact) mass is 733 g/mol. The molecule has 1 saturated heterocycles. The van der Waals surface area contributed by atoms with E-state index in [1.165, 1.54) is 0 Å². The van der Waals surface area contributed by atoms with Gasteiger partial charge in [0.2, 0.25) is 5.91 Å². The number of hydrogen-bond donors (Lipinski definition) is 3. The van der Waals surface area contributed by atoms with Crippen LogP contribution in [0, 0.1) is 0 Å². The van der Waals surface area contributed by atoms with Gasteiger partial charge in [0.1, 0.15) is 17.2 Å². The molecule has 2 aromatic heterocycles. The van der Waals surface area contributed by atoms with Gasteiger partial charge < -0.3 is 34.7 Å². The summed E-state index contributed by atoms with van der Waals surface area (Å²) in [6.45, 7) is 4.12. The van der Waals surface area contributed by atoms with Crippen molar-refractivity contribution in [3.8, 4) is 5.75 Å². The topological polar surface area (TPSA) is 165 Å². The zero-order valence-electron chi connectivity index (χ0n) is 28.8. The van der Waals surface area contributed by atoms with E-state index >= 15 is 0 Å². The van der Waals surface area contributed by atoms with Crippen LogP contribution in [0.3, 0.4) is 0 Å². The van der Waals surface area contributed by atoms with Crippen molar-refractivity contribution < 1.29 is 33.7 Å². The number of aryl methyl sites for hydroxylation is 1. The first-order valence-corrected chi connectivity index (χ1v) is 19.9. The number of benzene rings is 1. The minimum atomic E-state index is -1.24. The second kappa shape index (κ2) is 14.3. The number of ether oxygens (including phenoxy) is 2. The third kappa shape index (κ3) is 6.47. The fourth-order valence-corrected chi connectivity index (χ4v) is 10.5. The lowest BCUT2D eigenvalue weighted by Gasteiger charge is -2.52. The quantitative estimate of drug-likeness (QED) is 0.101. The molecule has 13 heteroatoms. The number of carbonyl (C=O) groups excluding carboxylic acids is 2. The van der Waals surface area contributed by atoms with E-state index in [4.69, 9.17) is 19.6 Å². The number of aliphatic hydroxyl groups is 2. The van der Waals surface area contributed by atoms with Crippen LogP contribution in [0.2, 0.25) is 0 Å². The molecule has 5 heterocycles. The number of nitrogen functional groups attached to an aromatic ring is 1. The van der Waals surface area contributed by atoms with Gasteiger partial charge in [-0.2, -0.15) is 0 Å². The van der Waals surface area contributed by atoms with Gasteiger partial charge in [-0.15, -0.1) is 0 Å². The third-order valence-corrected chi connectivity index (χ3v) is 13.3. The Morgan fingerprint density at radius 3 is 2.76 bits per heavy atom. The molecule has 1 fully saturated rings. The molecule has 7 rings (SSSR count). The molecule has 51 heavy (non-hydrogen) atoms. The van der Waals surface area contributed by atoms with Gasteiger partial charge in [0.15, 0.2) is 11.2 Å². The molecule has 0 bridgehead atoms. The highest BCUT2D eigenvalue weighted by Gasteiger charge is 2.64. The summed E-state index contributed by atoms with van der Waals surface area (Å²) >= 11 is 0. The normalized spacial score (nSPS) is 26.1. The van der Waals surface area contributed by atoms with Crippen molar-refractivity contribution in [3.05, 3.63) is 86.4 Å². The SMILES string of the molecule is CC=C(CCO)C(=O)OC1(C)CC=C2CSSCC3CCN3C(=O)Cc3cnc(N)cc3C2C12Cc1cc3cc(CCCO)c(=O)oc3cc1O2. The molecule has 11 nitrogen and oxygen atoms in total. The molecule has 1 aromatic carbocycles. The second-order valence-corrected chi connectivity index (χ2v) is 16.4. The van der Waals surface area contributed by atoms with Gasteiger partial charge in [0, 0.05) is 85.4 Å². The minimum Gasteiger partial charge on any atom is -0.481 e. The Morgan fingerprint density at radius 1 is 1.18 bits per heavy atom. The molecular formula is C38H43N3O8S2. The number of pyridine rings is 1. The number of nitrogens with zero attached hydrogens (tertiary/aromatic N) is 2. The number of amides is 1. The Morgan fingerprint density at radius 2 is 2.02 bits per heavy atom. The fraction of sp³-hybridized carbons (Fsp3) is 0.474. The van der Waals surface area contributed by atoms with E-state index in [0.717, 1.165) is 46.4 Å². The van der Waals surface area contributed by atoms with Crippen LogP contribution in [0.5, 0.6) is 5.75 Å². The van der Waals surface area contributed by atoms with Crippen molar-refractivity contribution in [1.82, 2.24) is 9.88 Å². The van der Waals surface area contributed by atoms with Gasteiger partial charge in [0.25, 0.3) is 0 Å². The highest BCUT2D eigenvalue weighted by molar-refractivity contribution is 8.76. The Balaban J connectivity index is 1.41. The maximum Gasteiger partial charge on any atom is 0.339 e. The maximum absolute atomic E-state index is 13.9. The van der Waals surface area contributed by atoms with Crippen LogP contribution >= 0.6 is 21.6 Å². The van der Waals surface area contributed by atoms with Gasteiger partial charge in [-0.05, 0) is 68.0 Å². The van der Waals surface area contributed by atoms with Crippen molar-refractivity contribution in [3.63, 3.8) is 0 Å². The first-order valence-electron chi connectivity index (χ1n) is 17.5. The number of allylic oxidation sites excluding steroid dienone is 1. The smallest absolute Gasteiger partial charge is 0.339 e. The standard InChI is InChI=1S/C38H43N3O8S2/c1-3-22(8-12-43)36(46)49-37(2)9-6-24-20-50-51-21-28-7-10-41(28)33(44)15-27-19-40-32(39)16-29(27)34(24)38(37)18-26-14-25-13-23(5-4-11-42)35(45)47-30(25)17-31(26)48-38/h3,6,13-14,16-17,19,28,34,42-43H,4-5,7-12,15,18,20-21H2,1-2H3,(H2,39,40). The zero-order chi connectivity index (χ0) is 35.9. The Kier molecular flexibility index (Phi) is 10.0. The largest absolute Gasteiger partial charge is 0.481 e. The summed E-state index contributed by atoms with van der Waals surface area (Å²) in [4.78, 5) is 46.9. The fourth-order valence-electron chi connectivity index (χ4n) is 7.96. The summed E-state index contributed by atoms with van der Waals surface area (Å²) in [7, 11) is 3.49. The summed E-state index contributed by atoms with van der Waals surface area (Å²) in [6.07, 6.45) is 8.27. The number of aromatic nitrogens is 1. The van der Waals surface area contributed by atoms with E-state index in [0.29, 0.717) is 59.7 Å². The molecule has 0 radical (unpaired) electrons. The van der Waals surface area contributed by atoms with Gasteiger partial charge in [0.05, 0.1) is 12.3 Å². The summed E-state index contributed by atoms with van der Waals surface area (Å²) in [5.74, 6) is 1.29.